The van der Waals surface area contributed by atoms with Gasteiger partial charge in [-0.25, -0.2) is 9.37 Å². The normalized spacial score (nSPS) is 19.5. The van der Waals surface area contributed by atoms with Crippen LogP contribution >= 0.6 is 0 Å². The maximum atomic E-state index is 13.6. The number of alkyl halides is 1. The van der Waals surface area contributed by atoms with E-state index in [1.165, 1.54) is 0 Å². The molecule has 4 rings (SSSR count). The Balaban J connectivity index is 1.86. The highest BCUT2D eigenvalue weighted by Crippen LogP contribution is 2.29. The third kappa shape index (κ3) is 1.95. The van der Waals surface area contributed by atoms with Gasteiger partial charge in [-0.05, 0) is 31.0 Å². The van der Waals surface area contributed by atoms with E-state index in [1.54, 1.807) is 6.20 Å². The van der Waals surface area contributed by atoms with Gasteiger partial charge in [-0.3, -0.25) is 4.98 Å². The summed E-state index contributed by atoms with van der Waals surface area (Å²) in [6.07, 6.45) is 4.48. The number of fused-ring (bicyclic) bond motifs is 3. The Bertz CT molecular complexity index is 810. The molecular weight excluding hydrogens is 266 g/mol. The molecule has 0 spiro atoms. The lowest BCUT2D eigenvalue weighted by Gasteiger charge is -2.29. The topological polar surface area (TPSA) is 34.0 Å². The molecule has 1 fully saturated rings. The Morgan fingerprint density at radius 2 is 2.14 bits per heavy atom. The second kappa shape index (κ2) is 4.69. The maximum Gasteiger partial charge on any atom is 0.143 e. The first kappa shape index (κ1) is 12.6. The first-order valence-corrected chi connectivity index (χ1v) is 7.32. The molecule has 0 N–H and O–H groups in total. The molecule has 0 unspecified atom stereocenters. The first-order valence-electron chi connectivity index (χ1n) is 7.32. The summed E-state index contributed by atoms with van der Waals surface area (Å²) in [5.74, 6) is 0.865. The summed E-state index contributed by atoms with van der Waals surface area (Å²) in [7, 11) is 2.01. The molecule has 1 aliphatic heterocycles. The van der Waals surface area contributed by atoms with Gasteiger partial charge >= 0.3 is 0 Å². The average molecular weight is 283 g/mol. The Morgan fingerprint density at radius 3 is 3.00 bits per heavy atom. The highest BCUT2D eigenvalue weighted by Gasteiger charge is 2.21. The van der Waals surface area contributed by atoms with Crippen LogP contribution in [0.15, 0.2) is 30.6 Å². The third-order valence-corrected chi connectivity index (χ3v) is 4.32. The van der Waals surface area contributed by atoms with Crippen LogP contribution in [0.1, 0.15) is 12.8 Å². The number of rotatable bonds is 1. The molecule has 0 saturated carbocycles. The van der Waals surface area contributed by atoms with E-state index in [0.29, 0.717) is 13.0 Å². The molecule has 0 aromatic carbocycles. The van der Waals surface area contributed by atoms with E-state index < -0.39 is 6.17 Å². The molecular formula is C16H17FN4. The lowest BCUT2D eigenvalue weighted by atomic mass is 10.1. The van der Waals surface area contributed by atoms with Crippen LogP contribution in [0.25, 0.3) is 21.9 Å². The molecule has 21 heavy (non-hydrogen) atoms. The number of pyridine rings is 2. The molecule has 1 saturated heterocycles. The summed E-state index contributed by atoms with van der Waals surface area (Å²) >= 11 is 0. The Kier molecular flexibility index (Phi) is 2.80. The fourth-order valence-corrected chi connectivity index (χ4v) is 3.22. The molecule has 1 atom stereocenters. The summed E-state index contributed by atoms with van der Waals surface area (Å²) < 4.78 is 15.7. The standard InChI is InChI=1S/C16H17FN4/c1-20-14-6-7-18-9-13(14)12-4-5-15(19-16(12)20)21-8-2-3-11(17)10-21/h4-7,9,11H,2-3,8,10H2,1H3/t11-/m0/s1/i17-1. The molecule has 4 nitrogen and oxygen atoms in total. The van der Waals surface area contributed by atoms with E-state index in [2.05, 4.69) is 15.6 Å². The second-order valence-electron chi connectivity index (χ2n) is 5.68. The predicted octanol–water partition coefficient (Wildman–Crippen LogP) is 3.06. The van der Waals surface area contributed by atoms with Crippen LogP contribution in [0.4, 0.5) is 10.2 Å². The van der Waals surface area contributed by atoms with Crippen LogP contribution in [0, 0.1) is 0 Å². The van der Waals surface area contributed by atoms with Gasteiger partial charge < -0.3 is 9.47 Å². The minimum atomic E-state index is -0.743. The Hall–Kier alpha value is -2.17. The number of aromatic nitrogens is 3. The van der Waals surface area contributed by atoms with E-state index in [4.69, 9.17) is 4.98 Å². The van der Waals surface area contributed by atoms with Crippen molar-refractivity contribution in [3.05, 3.63) is 30.6 Å². The fraction of sp³-hybridized carbons (Fsp3) is 0.375. The summed E-state index contributed by atoms with van der Waals surface area (Å²) in [4.78, 5) is 11.0. The lowest BCUT2D eigenvalue weighted by Crippen LogP contribution is -2.36. The summed E-state index contributed by atoms with van der Waals surface area (Å²) in [6, 6.07) is 6.06. The highest BCUT2D eigenvalue weighted by molar-refractivity contribution is 6.06. The number of halogens is 1. The van der Waals surface area contributed by atoms with Crippen molar-refractivity contribution < 1.29 is 4.39 Å². The van der Waals surface area contributed by atoms with Crippen molar-refractivity contribution in [2.24, 2.45) is 7.05 Å². The third-order valence-electron chi connectivity index (χ3n) is 4.32. The predicted molar refractivity (Wildman–Crippen MR) is 82.4 cm³/mol. The fourth-order valence-electron chi connectivity index (χ4n) is 3.22. The van der Waals surface area contributed by atoms with Crippen LogP contribution in [-0.2, 0) is 7.05 Å². The van der Waals surface area contributed by atoms with Crippen molar-refractivity contribution in [3.63, 3.8) is 0 Å². The van der Waals surface area contributed by atoms with E-state index >= 15 is 0 Å². The number of hydrogen-bond donors (Lipinski definition) is 0. The van der Waals surface area contributed by atoms with Gasteiger partial charge in [-0.2, -0.15) is 0 Å². The molecule has 3 aromatic heterocycles. The van der Waals surface area contributed by atoms with Crippen LogP contribution in [-0.4, -0.2) is 33.8 Å². The lowest BCUT2D eigenvalue weighted by molar-refractivity contribution is 0.286. The van der Waals surface area contributed by atoms with Gasteiger partial charge in [0.15, 0.2) is 0 Å². The SMILES string of the molecule is Cn1c2ccncc2c2ccc(N3CCC[C@H]([18F])C3)nc21. The van der Waals surface area contributed by atoms with Gasteiger partial charge in [-0.1, -0.05) is 0 Å². The summed E-state index contributed by atoms with van der Waals surface area (Å²) in [5, 5.41) is 2.20. The van der Waals surface area contributed by atoms with Gasteiger partial charge in [0.25, 0.3) is 0 Å². The quantitative estimate of drug-likeness (QED) is 0.688. The minimum Gasteiger partial charge on any atom is -0.354 e. The average Bonchev–Trinajstić information content (AvgIpc) is 2.81. The molecule has 108 valence electrons. The number of nitrogens with zero attached hydrogens (tertiary/aromatic N) is 4. The van der Waals surface area contributed by atoms with Crippen molar-refractivity contribution in [1.82, 2.24) is 14.5 Å². The van der Waals surface area contributed by atoms with E-state index in [0.717, 1.165) is 40.7 Å². The van der Waals surface area contributed by atoms with Crippen molar-refractivity contribution in [2.45, 2.75) is 19.0 Å². The molecule has 5 heteroatoms. The van der Waals surface area contributed by atoms with Crippen molar-refractivity contribution in [1.29, 1.82) is 0 Å². The van der Waals surface area contributed by atoms with Crippen molar-refractivity contribution >= 4 is 27.8 Å². The maximum absolute atomic E-state index is 13.6. The second-order valence-corrected chi connectivity index (χ2v) is 5.68. The summed E-state index contributed by atoms with van der Waals surface area (Å²) in [5.41, 5.74) is 2.04. The van der Waals surface area contributed by atoms with Crippen molar-refractivity contribution in [2.75, 3.05) is 18.0 Å². The van der Waals surface area contributed by atoms with E-state index in [-0.39, 0.29) is 0 Å². The zero-order valence-electron chi connectivity index (χ0n) is 12.0. The summed E-state index contributed by atoms with van der Waals surface area (Å²) in [6.45, 7) is 1.33. The molecule has 0 radical (unpaired) electrons. The molecule has 1 aliphatic rings. The highest BCUT2D eigenvalue weighted by atomic mass is 18.2. The number of hydrogen-bond acceptors (Lipinski definition) is 3. The largest absolute Gasteiger partial charge is 0.354 e. The van der Waals surface area contributed by atoms with Crippen LogP contribution in [0.3, 0.4) is 0 Å². The van der Waals surface area contributed by atoms with Gasteiger partial charge in [0, 0.05) is 36.8 Å². The van der Waals surface area contributed by atoms with E-state index in [9.17, 15) is 4.39 Å². The Morgan fingerprint density at radius 1 is 1.24 bits per heavy atom. The molecule has 4 heterocycles. The molecule has 0 amide bonds. The monoisotopic (exact) mass is 283 g/mol. The van der Waals surface area contributed by atoms with Crippen LogP contribution in [0.5, 0.6) is 0 Å². The van der Waals surface area contributed by atoms with Crippen LogP contribution < -0.4 is 4.90 Å². The molecule has 0 bridgehead atoms. The zero-order valence-corrected chi connectivity index (χ0v) is 12.0. The van der Waals surface area contributed by atoms with Gasteiger partial charge in [0.05, 0.1) is 12.1 Å². The molecule has 0 aliphatic carbocycles. The Labute approximate surface area is 122 Å². The zero-order chi connectivity index (χ0) is 14.4. The first-order chi connectivity index (χ1) is 10.2. The van der Waals surface area contributed by atoms with Gasteiger partial charge in [-0.15, -0.1) is 0 Å². The van der Waals surface area contributed by atoms with Gasteiger partial charge in [0.2, 0.25) is 0 Å². The number of anilines is 1. The van der Waals surface area contributed by atoms with Crippen molar-refractivity contribution in [3.8, 4) is 0 Å². The van der Waals surface area contributed by atoms with E-state index in [1.807, 2.05) is 30.3 Å². The smallest absolute Gasteiger partial charge is 0.143 e. The number of aryl methyl sites for hydroxylation is 1. The minimum absolute atomic E-state index is 0.448. The van der Waals surface area contributed by atoms with Gasteiger partial charge in [0.1, 0.15) is 17.6 Å². The number of piperidine rings is 1. The molecule has 3 aromatic rings. The van der Waals surface area contributed by atoms with Crippen LogP contribution in [0.2, 0.25) is 0 Å².